The SMILES string of the molecule is COC(CC(F)(C(F)(F)F)C(F)(F)F)c1ccccc1OC(C)C. The maximum Gasteiger partial charge on any atom is 0.431 e. The summed E-state index contributed by atoms with van der Waals surface area (Å²) in [4.78, 5) is 0. The number of alkyl halides is 7. The van der Waals surface area contributed by atoms with Crippen molar-refractivity contribution in [1.82, 2.24) is 0 Å². The monoisotopic (exact) mass is 362 g/mol. The number of benzene rings is 1. The maximum absolute atomic E-state index is 14.0. The molecule has 0 bridgehead atoms. The molecule has 1 aromatic carbocycles. The molecule has 2 nitrogen and oxygen atoms in total. The van der Waals surface area contributed by atoms with E-state index in [0.29, 0.717) is 0 Å². The van der Waals surface area contributed by atoms with Gasteiger partial charge in [0.15, 0.2) is 0 Å². The molecular formula is C15H17F7O2. The third-order valence-corrected chi connectivity index (χ3v) is 3.28. The molecule has 1 unspecified atom stereocenters. The van der Waals surface area contributed by atoms with Crippen molar-refractivity contribution in [2.24, 2.45) is 0 Å². The molecule has 0 aliphatic rings. The lowest BCUT2D eigenvalue weighted by atomic mass is 9.92. The fourth-order valence-corrected chi connectivity index (χ4v) is 2.08. The Balaban J connectivity index is 3.28. The highest BCUT2D eigenvalue weighted by atomic mass is 19.4. The summed E-state index contributed by atoms with van der Waals surface area (Å²) in [5, 5.41) is 0. The number of methoxy groups -OCH3 is 1. The number of para-hydroxylation sites is 1. The van der Waals surface area contributed by atoms with Gasteiger partial charge in [-0.15, -0.1) is 0 Å². The van der Waals surface area contributed by atoms with Crippen molar-refractivity contribution in [3.05, 3.63) is 29.8 Å². The lowest BCUT2D eigenvalue weighted by Crippen LogP contribution is -2.54. The molecule has 0 saturated heterocycles. The molecule has 0 saturated carbocycles. The maximum atomic E-state index is 14.0. The Morgan fingerprint density at radius 2 is 1.42 bits per heavy atom. The number of ether oxygens (including phenoxy) is 2. The van der Waals surface area contributed by atoms with Crippen molar-refractivity contribution in [1.29, 1.82) is 0 Å². The second-order valence-corrected chi connectivity index (χ2v) is 5.43. The van der Waals surface area contributed by atoms with Gasteiger partial charge in [-0.1, -0.05) is 18.2 Å². The van der Waals surface area contributed by atoms with Crippen LogP contribution in [0.4, 0.5) is 30.7 Å². The van der Waals surface area contributed by atoms with Crippen molar-refractivity contribution in [3.63, 3.8) is 0 Å². The van der Waals surface area contributed by atoms with Crippen LogP contribution < -0.4 is 4.74 Å². The van der Waals surface area contributed by atoms with Gasteiger partial charge in [0.25, 0.3) is 0 Å². The van der Waals surface area contributed by atoms with E-state index in [0.717, 1.165) is 7.11 Å². The second kappa shape index (κ2) is 7.16. The highest BCUT2D eigenvalue weighted by molar-refractivity contribution is 5.36. The smallest absolute Gasteiger partial charge is 0.431 e. The Morgan fingerprint density at radius 1 is 0.917 bits per heavy atom. The van der Waals surface area contributed by atoms with Gasteiger partial charge in [0.2, 0.25) is 0 Å². The molecule has 1 atom stereocenters. The normalized spacial score (nSPS) is 14.8. The zero-order chi connectivity index (χ0) is 18.8. The number of halogens is 7. The molecule has 0 N–H and O–H groups in total. The van der Waals surface area contributed by atoms with Gasteiger partial charge < -0.3 is 9.47 Å². The predicted octanol–water partition coefficient (Wildman–Crippen LogP) is 5.38. The van der Waals surface area contributed by atoms with Gasteiger partial charge in [-0.3, -0.25) is 0 Å². The fourth-order valence-electron chi connectivity index (χ4n) is 2.08. The average molecular weight is 362 g/mol. The van der Waals surface area contributed by atoms with Crippen LogP contribution in [0, 0.1) is 0 Å². The molecule has 138 valence electrons. The molecule has 0 aliphatic heterocycles. The van der Waals surface area contributed by atoms with Gasteiger partial charge >= 0.3 is 18.0 Å². The molecule has 0 aromatic heterocycles. The van der Waals surface area contributed by atoms with Gasteiger partial charge in [0.05, 0.1) is 12.2 Å². The van der Waals surface area contributed by atoms with Gasteiger partial charge in [0, 0.05) is 19.1 Å². The Kier molecular flexibility index (Phi) is 6.13. The molecule has 24 heavy (non-hydrogen) atoms. The number of rotatable bonds is 6. The zero-order valence-electron chi connectivity index (χ0n) is 13.1. The van der Waals surface area contributed by atoms with Crippen LogP contribution in [0.15, 0.2) is 24.3 Å². The molecule has 0 amide bonds. The standard InChI is InChI=1S/C15H17F7O2/c1-9(2)24-11-7-5-4-6-10(11)12(23-3)8-13(16,14(17,18)19)15(20,21)22/h4-7,9,12H,8H2,1-3H3. The Hall–Kier alpha value is -1.51. The van der Waals surface area contributed by atoms with Crippen molar-refractivity contribution >= 4 is 0 Å². The summed E-state index contributed by atoms with van der Waals surface area (Å²) in [6, 6.07) is 5.47. The minimum atomic E-state index is -6.13. The first-order valence-electron chi connectivity index (χ1n) is 6.94. The Labute approximate surface area is 134 Å². The highest BCUT2D eigenvalue weighted by Gasteiger charge is 2.72. The van der Waals surface area contributed by atoms with Gasteiger partial charge in [-0.25, -0.2) is 4.39 Å². The molecule has 1 aromatic rings. The van der Waals surface area contributed by atoms with Crippen LogP contribution in [-0.2, 0) is 4.74 Å². The van der Waals surface area contributed by atoms with Crippen molar-refractivity contribution < 1.29 is 40.2 Å². The van der Waals surface area contributed by atoms with Crippen molar-refractivity contribution in [2.45, 2.75) is 50.5 Å². The van der Waals surface area contributed by atoms with E-state index in [4.69, 9.17) is 9.47 Å². The van der Waals surface area contributed by atoms with Crippen molar-refractivity contribution in [2.75, 3.05) is 7.11 Å². The Morgan fingerprint density at radius 3 is 1.83 bits per heavy atom. The van der Waals surface area contributed by atoms with E-state index in [1.54, 1.807) is 13.8 Å². The second-order valence-electron chi connectivity index (χ2n) is 5.43. The topological polar surface area (TPSA) is 18.5 Å². The summed E-state index contributed by atoms with van der Waals surface area (Å²) in [6.07, 6.45) is -16.4. The van der Waals surface area contributed by atoms with Crippen LogP contribution in [0.25, 0.3) is 0 Å². The van der Waals surface area contributed by atoms with E-state index in [1.807, 2.05) is 0 Å². The summed E-state index contributed by atoms with van der Waals surface area (Å²) in [5.41, 5.74) is -5.49. The van der Waals surface area contributed by atoms with Gasteiger partial charge in [-0.2, -0.15) is 26.3 Å². The molecule has 9 heteroatoms. The van der Waals surface area contributed by atoms with Crippen LogP contribution in [0.2, 0.25) is 0 Å². The third kappa shape index (κ3) is 4.31. The molecule has 1 rings (SSSR count). The summed E-state index contributed by atoms with van der Waals surface area (Å²) in [7, 11) is 0.907. The predicted molar refractivity (Wildman–Crippen MR) is 72.5 cm³/mol. The summed E-state index contributed by atoms with van der Waals surface area (Å²) < 4.78 is 100. The van der Waals surface area contributed by atoms with E-state index in [2.05, 4.69) is 0 Å². The fraction of sp³-hybridized carbons (Fsp3) is 0.600. The molecule has 0 aliphatic carbocycles. The van der Waals surface area contributed by atoms with E-state index in [9.17, 15) is 30.7 Å². The minimum Gasteiger partial charge on any atom is -0.491 e. The van der Waals surface area contributed by atoms with E-state index < -0.39 is 30.5 Å². The largest absolute Gasteiger partial charge is 0.491 e. The van der Waals surface area contributed by atoms with Crippen LogP contribution in [0.3, 0.4) is 0 Å². The molecular weight excluding hydrogens is 345 g/mol. The summed E-state index contributed by atoms with van der Waals surface area (Å²) in [5.74, 6) is 0.0334. The van der Waals surface area contributed by atoms with Gasteiger partial charge in [0.1, 0.15) is 5.75 Å². The van der Waals surface area contributed by atoms with Crippen molar-refractivity contribution in [3.8, 4) is 5.75 Å². The van der Waals surface area contributed by atoms with Crippen LogP contribution >= 0.6 is 0 Å². The quantitative estimate of drug-likeness (QED) is 0.632. The van der Waals surface area contributed by atoms with Crippen LogP contribution in [-0.4, -0.2) is 31.2 Å². The third-order valence-electron chi connectivity index (χ3n) is 3.28. The van der Waals surface area contributed by atoms with Crippen LogP contribution in [0.1, 0.15) is 31.9 Å². The number of hydrogen-bond acceptors (Lipinski definition) is 2. The van der Waals surface area contributed by atoms with Crippen LogP contribution in [0.5, 0.6) is 5.75 Å². The first-order chi connectivity index (χ1) is 10.8. The summed E-state index contributed by atoms with van der Waals surface area (Å²) >= 11 is 0. The molecule has 0 fully saturated rings. The average Bonchev–Trinajstić information content (AvgIpc) is 2.42. The van der Waals surface area contributed by atoms with Gasteiger partial charge in [-0.05, 0) is 19.9 Å². The van der Waals surface area contributed by atoms with E-state index in [-0.39, 0.29) is 17.4 Å². The minimum absolute atomic E-state index is 0.0334. The Bertz CT molecular complexity index is 523. The number of hydrogen-bond donors (Lipinski definition) is 0. The molecule has 0 spiro atoms. The van der Waals surface area contributed by atoms with E-state index >= 15 is 0 Å². The molecule has 0 radical (unpaired) electrons. The lowest BCUT2D eigenvalue weighted by Gasteiger charge is -2.33. The zero-order valence-corrected chi connectivity index (χ0v) is 13.1. The summed E-state index contributed by atoms with van der Waals surface area (Å²) in [6.45, 7) is 3.26. The molecule has 0 heterocycles. The van der Waals surface area contributed by atoms with E-state index in [1.165, 1.54) is 24.3 Å². The first kappa shape index (κ1) is 20.5. The lowest BCUT2D eigenvalue weighted by molar-refractivity contribution is -0.348. The first-order valence-corrected chi connectivity index (χ1v) is 6.94. The highest BCUT2D eigenvalue weighted by Crippen LogP contribution is 2.51.